The van der Waals surface area contributed by atoms with E-state index in [1.54, 1.807) is 0 Å². The lowest BCUT2D eigenvalue weighted by molar-refractivity contribution is 0.478. The van der Waals surface area contributed by atoms with E-state index in [9.17, 15) is 0 Å². The lowest BCUT2D eigenvalue weighted by Crippen LogP contribution is -2.47. The van der Waals surface area contributed by atoms with E-state index in [0.717, 1.165) is 62.4 Å². The second-order valence-corrected chi connectivity index (χ2v) is 9.85. The van der Waals surface area contributed by atoms with E-state index in [-0.39, 0.29) is 0 Å². The highest BCUT2D eigenvalue weighted by molar-refractivity contribution is 7.80. The molecule has 4 heterocycles. The summed E-state index contributed by atoms with van der Waals surface area (Å²) in [5, 5.41) is 6.91. The van der Waals surface area contributed by atoms with Crippen molar-refractivity contribution in [3.8, 4) is 0 Å². The van der Waals surface area contributed by atoms with Gasteiger partial charge in [-0.3, -0.25) is 0 Å². The van der Waals surface area contributed by atoms with Crippen molar-refractivity contribution in [3.05, 3.63) is 60.1 Å². The van der Waals surface area contributed by atoms with Gasteiger partial charge in [0.2, 0.25) is 5.95 Å². The van der Waals surface area contributed by atoms with Crippen molar-refractivity contribution >= 4 is 40.6 Å². The molecule has 0 atom stereocenters. The van der Waals surface area contributed by atoms with Crippen LogP contribution < -0.4 is 25.3 Å². The molecule has 190 valence electrons. The van der Waals surface area contributed by atoms with Crippen LogP contribution in [0.25, 0.3) is 0 Å². The van der Waals surface area contributed by atoms with Crippen LogP contribution in [0.15, 0.2) is 52.9 Å². The summed E-state index contributed by atoms with van der Waals surface area (Å²) < 4.78 is 5.63. The molecule has 0 saturated carbocycles. The summed E-state index contributed by atoms with van der Waals surface area (Å²) >= 11 is 5.55. The summed E-state index contributed by atoms with van der Waals surface area (Å²) in [5.74, 6) is 4.18. The Morgan fingerprint density at radius 3 is 2.11 bits per heavy atom. The van der Waals surface area contributed by atoms with Gasteiger partial charge in [0, 0.05) is 51.0 Å². The van der Waals surface area contributed by atoms with Crippen LogP contribution in [-0.2, 0) is 6.54 Å². The number of aryl methyl sites for hydroxylation is 1. The van der Waals surface area contributed by atoms with Gasteiger partial charge in [0.25, 0.3) is 0 Å². The third kappa shape index (κ3) is 6.26. The van der Waals surface area contributed by atoms with Crippen LogP contribution in [0, 0.1) is 6.92 Å². The van der Waals surface area contributed by atoms with Crippen molar-refractivity contribution in [2.24, 2.45) is 0 Å². The number of para-hydroxylation sites is 1. The number of rotatable bonds is 6. The van der Waals surface area contributed by atoms with Gasteiger partial charge in [-0.25, -0.2) is 0 Å². The van der Waals surface area contributed by atoms with E-state index in [2.05, 4.69) is 61.7 Å². The maximum Gasteiger partial charge on any atom is 0.232 e. The average molecular weight is 506 g/mol. The van der Waals surface area contributed by atoms with Crippen LogP contribution in [-0.4, -0.2) is 54.3 Å². The van der Waals surface area contributed by atoms with Crippen molar-refractivity contribution in [1.29, 1.82) is 0 Å². The monoisotopic (exact) mass is 505 g/mol. The first-order valence-electron chi connectivity index (χ1n) is 12.9. The molecule has 0 amide bonds. The molecule has 0 spiro atoms. The molecule has 2 N–H and O–H groups in total. The Bertz CT molecular complexity index is 1140. The van der Waals surface area contributed by atoms with Crippen LogP contribution in [0.5, 0.6) is 0 Å². The molecule has 2 fully saturated rings. The largest absolute Gasteiger partial charge is 0.465 e. The number of hydrogen-bond acceptors (Lipinski definition) is 7. The molecule has 36 heavy (non-hydrogen) atoms. The first kappa shape index (κ1) is 24.4. The normalized spacial score (nSPS) is 16.5. The number of nitrogens with one attached hydrogen (secondary N) is 2. The quantitative estimate of drug-likeness (QED) is 0.469. The molecule has 2 saturated heterocycles. The maximum atomic E-state index is 5.63. The minimum absolute atomic E-state index is 0.483. The predicted molar refractivity (Wildman–Crippen MR) is 150 cm³/mol. The molecule has 1 aromatic carbocycles. The van der Waals surface area contributed by atoms with Crippen LogP contribution in [0.2, 0.25) is 0 Å². The Morgan fingerprint density at radius 2 is 1.47 bits per heavy atom. The van der Waals surface area contributed by atoms with Gasteiger partial charge in [-0.2, -0.15) is 9.97 Å². The number of piperazine rings is 1. The van der Waals surface area contributed by atoms with E-state index in [1.807, 2.05) is 19.1 Å². The maximum absolute atomic E-state index is 5.63. The van der Waals surface area contributed by atoms with Gasteiger partial charge in [-0.1, -0.05) is 31.0 Å². The van der Waals surface area contributed by atoms with Gasteiger partial charge in [-0.05, 0) is 56.2 Å². The first-order chi connectivity index (χ1) is 17.6. The number of nitrogens with zero attached hydrogens (tertiary/aromatic N) is 5. The van der Waals surface area contributed by atoms with Gasteiger partial charge in [0.05, 0.1) is 6.54 Å². The Kier molecular flexibility index (Phi) is 7.85. The Morgan fingerprint density at radius 1 is 0.833 bits per heavy atom. The summed E-state index contributed by atoms with van der Waals surface area (Å²) in [7, 11) is 0. The molecule has 0 unspecified atom stereocenters. The SMILES string of the molecule is Cc1ccc(CNC(=S)Nc2nc(N3CCCCCC3)cc(N3CCN(c4ccccc4)CC3)n2)o1. The molecule has 2 aliphatic rings. The zero-order chi connectivity index (χ0) is 24.7. The van der Waals surface area contributed by atoms with E-state index < -0.39 is 0 Å². The molecule has 2 aromatic heterocycles. The highest BCUT2D eigenvalue weighted by Gasteiger charge is 2.21. The van der Waals surface area contributed by atoms with E-state index in [1.165, 1.54) is 31.4 Å². The molecule has 0 aliphatic carbocycles. The summed E-state index contributed by atoms with van der Waals surface area (Å²) in [4.78, 5) is 16.9. The average Bonchev–Trinajstić information content (AvgIpc) is 3.14. The number of thiocarbonyl (C=S) groups is 1. The van der Waals surface area contributed by atoms with Crippen LogP contribution in [0.4, 0.5) is 23.3 Å². The number of anilines is 4. The lowest BCUT2D eigenvalue weighted by atomic mass is 10.2. The highest BCUT2D eigenvalue weighted by atomic mass is 32.1. The highest BCUT2D eigenvalue weighted by Crippen LogP contribution is 2.26. The van der Waals surface area contributed by atoms with Crippen molar-refractivity contribution in [3.63, 3.8) is 0 Å². The smallest absolute Gasteiger partial charge is 0.232 e. The van der Waals surface area contributed by atoms with Gasteiger partial charge in [0.1, 0.15) is 23.2 Å². The Labute approximate surface area is 218 Å². The summed E-state index contributed by atoms with van der Waals surface area (Å²) in [5.41, 5.74) is 1.27. The lowest BCUT2D eigenvalue weighted by Gasteiger charge is -2.37. The summed E-state index contributed by atoms with van der Waals surface area (Å²) in [6.45, 7) is 8.23. The van der Waals surface area contributed by atoms with Gasteiger partial charge >= 0.3 is 0 Å². The summed E-state index contributed by atoms with van der Waals surface area (Å²) in [6.07, 6.45) is 4.95. The molecule has 9 heteroatoms. The van der Waals surface area contributed by atoms with Crippen LogP contribution in [0.1, 0.15) is 37.2 Å². The van der Waals surface area contributed by atoms with Crippen LogP contribution in [0.3, 0.4) is 0 Å². The van der Waals surface area contributed by atoms with E-state index in [0.29, 0.717) is 17.6 Å². The van der Waals surface area contributed by atoms with Crippen LogP contribution >= 0.6 is 12.2 Å². The van der Waals surface area contributed by atoms with Gasteiger partial charge in [-0.15, -0.1) is 0 Å². The minimum atomic E-state index is 0.483. The molecular weight excluding hydrogens is 470 g/mol. The fraction of sp³-hybridized carbons (Fsp3) is 0.444. The van der Waals surface area contributed by atoms with E-state index >= 15 is 0 Å². The zero-order valence-electron chi connectivity index (χ0n) is 20.9. The van der Waals surface area contributed by atoms with Gasteiger partial charge < -0.3 is 29.8 Å². The van der Waals surface area contributed by atoms with Crippen molar-refractivity contribution in [1.82, 2.24) is 15.3 Å². The molecule has 8 nitrogen and oxygen atoms in total. The number of aromatic nitrogens is 2. The van der Waals surface area contributed by atoms with Gasteiger partial charge in [0.15, 0.2) is 5.11 Å². The van der Waals surface area contributed by atoms with Crippen molar-refractivity contribution < 1.29 is 4.42 Å². The fourth-order valence-electron chi connectivity index (χ4n) is 4.83. The summed E-state index contributed by atoms with van der Waals surface area (Å²) in [6, 6.07) is 16.7. The number of benzene rings is 1. The zero-order valence-corrected chi connectivity index (χ0v) is 21.8. The first-order valence-corrected chi connectivity index (χ1v) is 13.3. The molecule has 5 rings (SSSR count). The second kappa shape index (κ2) is 11.6. The topological polar surface area (TPSA) is 72.7 Å². The Hall–Kier alpha value is -3.33. The molecule has 3 aromatic rings. The third-order valence-electron chi connectivity index (χ3n) is 6.80. The predicted octanol–water partition coefficient (Wildman–Crippen LogP) is 4.57. The molecule has 2 aliphatic heterocycles. The molecule has 0 radical (unpaired) electrons. The van der Waals surface area contributed by atoms with Crippen molar-refractivity contribution in [2.45, 2.75) is 39.2 Å². The minimum Gasteiger partial charge on any atom is -0.465 e. The fourth-order valence-corrected chi connectivity index (χ4v) is 4.99. The third-order valence-corrected chi connectivity index (χ3v) is 7.05. The van der Waals surface area contributed by atoms with E-state index in [4.69, 9.17) is 26.6 Å². The molecule has 0 bridgehead atoms. The standard InChI is InChI=1S/C27H35N7OS/c1-21-11-12-23(35-21)20-28-27(36)31-26-29-24(33-13-7-2-3-8-14-33)19-25(30-26)34-17-15-32(16-18-34)22-9-5-4-6-10-22/h4-6,9-12,19H,2-3,7-8,13-18,20H2,1H3,(H2,28,29,30,31,36). The van der Waals surface area contributed by atoms with Crippen molar-refractivity contribution in [2.75, 3.05) is 59.3 Å². The Balaban J connectivity index is 1.30. The molecular formula is C27H35N7OS. The number of furan rings is 1. The second-order valence-electron chi connectivity index (χ2n) is 9.44. The number of hydrogen-bond donors (Lipinski definition) is 2.